The van der Waals surface area contributed by atoms with E-state index in [1.165, 1.54) is 11.3 Å². The van der Waals surface area contributed by atoms with Gasteiger partial charge >= 0.3 is 0 Å². The van der Waals surface area contributed by atoms with Gasteiger partial charge in [-0.15, -0.1) is 23.7 Å². The van der Waals surface area contributed by atoms with E-state index in [9.17, 15) is 9.59 Å². The molecule has 1 aliphatic heterocycles. The average Bonchev–Trinajstić information content (AvgIpc) is 3.16. The predicted octanol–water partition coefficient (Wildman–Crippen LogP) is 3.62. The van der Waals surface area contributed by atoms with Gasteiger partial charge in [0.2, 0.25) is 0 Å². The van der Waals surface area contributed by atoms with Crippen LogP contribution in [0.3, 0.4) is 0 Å². The van der Waals surface area contributed by atoms with Crippen molar-refractivity contribution in [2.24, 2.45) is 11.7 Å². The van der Waals surface area contributed by atoms with E-state index in [1.807, 2.05) is 35.4 Å². The lowest BCUT2D eigenvalue weighted by Crippen LogP contribution is -2.45. The van der Waals surface area contributed by atoms with Crippen LogP contribution < -0.4 is 11.1 Å². The Morgan fingerprint density at radius 3 is 2.73 bits per heavy atom. The van der Waals surface area contributed by atoms with Gasteiger partial charge in [0.05, 0.1) is 16.1 Å². The van der Waals surface area contributed by atoms with Gasteiger partial charge in [0.1, 0.15) is 0 Å². The Morgan fingerprint density at radius 1 is 1.27 bits per heavy atom. The van der Waals surface area contributed by atoms with Crippen LogP contribution in [0.2, 0.25) is 0 Å². The van der Waals surface area contributed by atoms with Crippen molar-refractivity contribution in [1.82, 2.24) is 4.90 Å². The van der Waals surface area contributed by atoms with Gasteiger partial charge in [-0.25, -0.2) is 0 Å². The number of hydrogen-bond donors (Lipinski definition) is 2. The summed E-state index contributed by atoms with van der Waals surface area (Å²) in [5, 5.41) is 4.72. The number of halogens is 1. The average molecular weight is 394 g/mol. The molecule has 7 heteroatoms. The predicted molar refractivity (Wildman–Crippen MR) is 108 cm³/mol. The van der Waals surface area contributed by atoms with E-state index in [-0.39, 0.29) is 30.3 Å². The fourth-order valence-electron chi connectivity index (χ4n) is 3.16. The lowest BCUT2D eigenvalue weighted by atomic mass is 9.91. The molecule has 0 spiro atoms. The van der Waals surface area contributed by atoms with Crippen LogP contribution >= 0.6 is 23.7 Å². The monoisotopic (exact) mass is 393 g/mol. The molecular formula is C19H24ClN3O2S. The molecule has 1 saturated heterocycles. The fraction of sp³-hybridized carbons (Fsp3) is 0.368. The summed E-state index contributed by atoms with van der Waals surface area (Å²) in [5.74, 6) is 0.0837. The van der Waals surface area contributed by atoms with E-state index in [4.69, 9.17) is 5.73 Å². The molecule has 1 aromatic carbocycles. The molecule has 140 valence electrons. The second kappa shape index (κ2) is 9.16. The number of benzene rings is 1. The van der Waals surface area contributed by atoms with Gasteiger partial charge < -0.3 is 16.0 Å². The number of carbonyl (C=O) groups is 2. The smallest absolute Gasteiger partial charge is 0.265 e. The van der Waals surface area contributed by atoms with E-state index in [0.29, 0.717) is 28.6 Å². The summed E-state index contributed by atoms with van der Waals surface area (Å²) < 4.78 is 0. The van der Waals surface area contributed by atoms with Crippen LogP contribution in [0, 0.1) is 5.92 Å². The molecular weight excluding hydrogens is 370 g/mol. The topological polar surface area (TPSA) is 75.4 Å². The van der Waals surface area contributed by atoms with Crippen molar-refractivity contribution in [3.05, 3.63) is 52.2 Å². The van der Waals surface area contributed by atoms with Crippen molar-refractivity contribution in [3.63, 3.8) is 0 Å². The number of nitrogens with zero attached hydrogens (tertiary/aromatic N) is 1. The quantitative estimate of drug-likeness (QED) is 0.832. The third-order valence-electron chi connectivity index (χ3n) is 4.64. The highest BCUT2D eigenvalue weighted by molar-refractivity contribution is 7.12. The highest BCUT2D eigenvalue weighted by Crippen LogP contribution is 2.24. The lowest BCUT2D eigenvalue weighted by Gasteiger charge is -2.35. The highest BCUT2D eigenvalue weighted by Gasteiger charge is 2.27. The van der Waals surface area contributed by atoms with Crippen LogP contribution in [0.5, 0.6) is 0 Å². The maximum absolute atomic E-state index is 13.0. The molecule has 0 radical (unpaired) electrons. The number of nitrogens with two attached hydrogens (primary N) is 1. The Hall–Kier alpha value is -1.89. The molecule has 1 fully saturated rings. The minimum absolute atomic E-state index is 0. The second-order valence-electron chi connectivity index (χ2n) is 6.49. The van der Waals surface area contributed by atoms with Crippen molar-refractivity contribution in [2.45, 2.75) is 25.8 Å². The Morgan fingerprint density at radius 2 is 2.04 bits per heavy atom. The van der Waals surface area contributed by atoms with Gasteiger partial charge in [-0.05, 0) is 49.3 Å². The van der Waals surface area contributed by atoms with E-state index < -0.39 is 0 Å². The molecule has 2 amide bonds. The second-order valence-corrected chi connectivity index (χ2v) is 7.44. The zero-order chi connectivity index (χ0) is 17.8. The summed E-state index contributed by atoms with van der Waals surface area (Å²) >= 11 is 1.37. The third kappa shape index (κ3) is 4.63. The van der Waals surface area contributed by atoms with Gasteiger partial charge in [-0.3, -0.25) is 9.59 Å². The molecule has 1 aromatic heterocycles. The van der Waals surface area contributed by atoms with Gasteiger partial charge in [-0.1, -0.05) is 18.2 Å². The first-order valence-corrected chi connectivity index (χ1v) is 9.43. The first kappa shape index (κ1) is 20.4. The summed E-state index contributed by atoms with van der Waals surface area (Å²) in [7, 11) is 0. The van der Waals surface area contributed by atoms with E-state index in [1.54, 1.807) is 18.2 Å². The minimum atomic E-state index is -0.192. The van der Waals surface area contributed by atoms with E-state index in [2.05, 4.69) is 5.32 Å². The van der Waals surface area contributed by atoms with Gasteiger partial charge in [0.25, 0.3) is 11.8 Å². The Balaban J connectivity index is 0.00000243. The third-order valence-corrected chi connectivity index (χ3v) is 5.51. The molecule has 2 atom stereocenters. The maximum Gasteiger partial charge on any atom is 0.265 e. The lowest BCUT2D eigenvalue weighted by molar-refractivity contribution is 0.0662. The summed E-state index contributed by atoms with van der Waals surface area (Å²) in [6.07, 6.45) is 2.01. The normalized spacial score (nSPS) is 17.9. The minimum Gasteiger partial charge on any atom is -0.338 e. The number of likely N-dealkylation sites (tertiary alicyclic amines) is 1. The number of piperidine rings is 1. The van der Waals surface area contributed by atoms with Crippen LogP contribution in [0.1, 0.15) is 39.8 Å². The molecule has 3 N–H and O–H groups in total. The van der Waals surface area contributed by atoms with Crippen LogP contribution in [-0.2, 0) is 0 Å². The highest BCUT2D eigenvalue weighted by atomic mass is 35.5. The fourth-order valence-corrected chi connectivity index (χ4v) is 3.78. The van der Waals surface area contributed by atoms with Gasteiger partial charge in [-0.2, -0.15) is 0 Å². The standard InChI is InChI=1S/C19H23N3O2S.ClH/c1-13(20)14-6-4-10-22(12-14)19(24)15-7-2-3-8-16(15)21-18(23)17-9-5-11-25-17;/h2-3,5,7-9,11,13-14H,4,6,10,12,20H2,1H3,(H,21,23);1H. The number of para-hydroxylation sites is 1. The SMILES string of the molecule is CC(N)C1CCCN(C(=O)c2ccccc2NC(=O)c2cccs2)C1.Cl. The molecule has 0 aliphatic carbocycles. The summed E-state index contributed by atoms with van der Waals surface area (Å²) in [6, 6.07) is 10.8. The number of amides is 2. The number of rotatable bonds is 4. The molecule has 2 unspecified atom stereocenters. The summed E-state index contributed by atoms with van der Waals surface area (Å²) in [6.45, 7) is 3.40. The summed E-state index contributed by atoms with van der Waals surface area (Å²) in [4.78, 5) is 27.8. The Bertz CT molecular complexity index is 749. The molecule has 0 saturated carbocycles. The number of nitrogens with one attached hydrogen (secondary N) is 1. The molecule has 5 nitrogen and oxygen atoms in total. The number of hydrogen-bond acceptors (Lipinski definition) is 4. The Kier molecular flexibility index (Phi) is 7.20. The molecule has 0 bridgehead atoms. The molecule has 2 aromatic rings. The molecule has 1 aliphatic rings. The molecule has 3 rings (SSSR count). The Labute approximate surface area is 164 Å². The van der Waals surface area contributed by atoms with E-state index in [0.717, 1.165) is 19.4 Å². The number of carbonyl (C=O) groups excluding carboxylic acids is 2. The van der Waals surface area contributed by atoms with Gasteiger partial charge in [0.15, 0.2) is 0 Å². The zero-order valence-corrected chi connectivity index (χ0v) is 16.3. The van der Waals surface area contributed by atoms with Crippen LogP contribution in [0.15, 0.2) is 41.8 Å². The van der Waals surface area contributed by atoms with Crippen molar-refractivity contribution in [3.8, 4) is 0 Å². The van der Waals surface area contributed by atoms with Crippen molar-refractivity contribution in [1.29, 1.82) is 0 Å². The first-order chi connectivity index (χ1) is 12.1. The largest absolute Gasteiger partial charge is 0.338 e. The first-order valence-electron chi connectivity index (χ1n) is 8.55. The zero-order valence-electron chi connectivity index (χ0n) is 14.7. The number of anilines is 1. The van der Waals surface area contributed by atoms with Crippen molar-refractivity contribution >= 4 is 41.2 Å². The molecule has 26 heavy (non-hydrogen) atoms. The van der Waals surface area contributed by atoms with Crippen LogP contribution in [-0.4, -0.2) is 35.8 Å². The van der Waals surface area contributed by atoms with Gasteiger partial charge in [0, 0.05) is 19.1 Å². The summed E-state index contributed by atoms with van der Waals surface area (Å²) in [5.41, 5.74) is 7.10. The van der Waals surface area contributed by atoms with Crippen LogP contribution in [0.25, 0.3) is 0 Å². The van der Waals surface area contributed by atoms with E-state index >= 15 is 0 Å². The molecule has 2 heterocycles. The van der Waals surface area contributed by atoms with Crippen LogP contribution in [0.4, 0.5) is 5.69 Å². The maximum atomic E-state index is 13.0. The van der Waals surface area contributed by atoms with Crippen molar-refractivity contribution in [2.75, 3.05) is 18.4 Å². The number of thiophene rings is 1. The van der Waals surface area contributed by atoms with Crippen molar-refractivity contribution < 1.29 is 9.59 Å².